The van der Waals surface area contributed by atoms with E-state index in [0.29, 0.717) is 17.0 Å². The lowest BCUT2D eigenvalue weighted by Gasteiger charge is -2.03. The van der Waals surface area contributed by atoms with Gasteiger partial charge in [0.1, 0.15) is 17.0 Å². The molecule has 23 heavy (non-hydrogen) atoms. The van der Waals surface area contributed by atoms with E-state index in [4.69, 9.17) is 4.74 Å². The lowest BCUT2D eigenvalue weighted by atomic mass is 10.1. The first-order valence-electron chi connectivity index (χ1n) is 7.13. The number of aromatic nitrogens is 2. The van der Waals surface area contributed by atoms with Crippen LogP contribution in [0.1, 0.15) is 15.9 Å². The summed E-state index contributed by atoms with van der Waals surface area (Å²) in [6, 6.07) is 14.9. The fourth-order valence-corrected chi connectivity index (χ4v) is 2.34. The molecule has 3 aromatic rings. The molecule has 5 heteroatoms. The van der Waals surface area contributed by atoms with Gasteiger partial charge in [0, 0.05) is 11.8 Å². The Labute approximate surface area is 133 Å². The largest absolute Gasteiger partial charge is 0.497 e. The zero-order chi connectivity index (χ0) is 16.4. The Hall–Kier alpha value is -3.08. The first kappa shape index (κ1) is 14.8. The van der Waals surface area contributed by atoms with Gasteiger partial charge in [-0.1, -0.05) is 29.8 Å². The van der Waals surface area contributed by atoms with Crippen molar-refractivity contribution in [3.05, 3.63) is 65.9 Å². The van der Waals surface area contributed by atoms with Crippen LogP contribution in [0.25, 0.3) is 16.9 Å². The van der Waals surface area contributed by atoms with Crippen molar-refractivity contribution in [1.82, 2.24) is 9.78 Å². The van der Waals surface area contributed by atoms with E-state index < -0.39 is 5.97 Å². The minimum atomic E-state index is -1.01. The number of hydrogen-bond donors (Lipinski definition) is 1. The molecule has 3 rings (SSSR count). The fourth-order valence-electron chi connectivity index (χ4n) is 2.34. The standard InChI is InChI=1S/C18H16N2O3/c1-12-6-8-14(9-7-12)20-11-16(18(21)22)17(19-20)13-4-3-5-15(10-13)23-2/h3-11H,1-2H3,(H,21,22). The molecule has 1 N–H and O–H groups in total. The van der Waals surface area contributed by atoms with Crippen LogP contribution in [0.5, 0.6) is 5.75 Å². The molecular weight excluding hydrogens is 292 g/mol. The molecule has 0 aliphatic rings. The second-order valence-corrected chi connectivity index (χ2v) is 5.21. The first-order valence-corrected chi connectivity index (χ1v) is 7.13. The maximum absolute atomic E-state index is 11.6. The molecule has 0 bridgehead atoms. The Bertz CT molecular complexity index is 851. The van der Waals surface area contributed by atoms with Crippen LogP contribution in [0.4, 0.5) is 0 Å². The van der Waals surface area contributed by atoms with Crippen molar-refractivity contribution in [2.24, 2.45) is 0 Å². The normalized spacial score (nSPS) is 10.5. The van der Waals surface area contributed by atoms with E-state index >= 15 is 0 Å². The molecule has 0 aliphatic heterocycles. The molecular formula is C18H16N2O3. The van der Waals surface area contributed by atoms with Crippen molar-refractivity contribution >= 4 is 5.97 Å². The molecule has 0 saturated carbocycles. The average molecular weight is 308 g/mol. The predicted octanol–water partition coefficient (Wildman–Crippen LogP) is 3.55. The van der Waals surface area contributed by atoms with Crippen LogP contribution in [0, 0.1) is 6.92 Å². The molecule has 1 heterocycles. The van der Waals surface area contributed by atoms with Crippen molar-refractivity contribution < 1.29 is 14.6 Å². The number of nitrogens with zero attached hydrogens (tertiary/aromatic N) is 2. The molecule has 0 aliphatic carbocycles. The molecule has 0 fully saturated rings. The summed E-state index contributed by atoms with van der Waals surface area (Å²) in [5.74, 6) is -0.357. The van der Waals surface area contributed by atoms with Crippen molar-refractivity contribution in [1.29, 1.82) is 0 Å². The van der Waals surface area contributed by atoms with E-state index in [9.17, 15) is 9.90 Å². The zero-order valence-corrected chi connectivity index (χ0v) is 12.9. The highest BCUT2D eigenvalue weighted by atomic mass is 16.5. The average Bonchev–Trinajstić information content (AvgIpc) is 3.01. The summed E-state index contributed by atoms with van der Waals surface area (Å²) in [5, 5.41) is 13.9. The molecule has 0 unspecified atom stereocenters. The van der Waals surface area contributed by atoms with Gasteiger partial charge in [0.15, 0.2) is 0 Å². The molecule has 0 amide bonds. The van der Waals surface area contributed by atoms with Crippen LogP contribution >= 0.6 is 0 Å². The van der Waals surface area contributed by atoms with Crippen LogP contribution in [0.3, 0.4) is 0 Å². The SMILES string of the molecule is COc1cccc(-c2nn(-c3ccc(C)cc3)cc2C(=O)O)c1. The van der Waals surface area contributed by atoms with Crippen molar-refractivity contribution in [3.63, 3.8) is 0 Å². The number of ether oxygens (including phenoxy) is 1. The van der Waals surface area contributed by atoms with E-state index in [0.717, 1.165) is 11.3 Å². The number of aryl methyl sites for hydroxylation is 1. The summed E-state index contributed by atoms with van der Waals surface area (Å²) < 4.78 is 6.78. The highest BCUT2D eigenvalue weighted by molar-refractivity contribution is 5.94. The number of carboxylic acids is 1. The maximum atomic E-state index is 11.6. The van der Waals surface area contributed by atoms with Gasteiger partial charge in [-0.25, -0.2) is 9.48 Å². The second kappa shape index (κ2) is 5.96. The van der Waals surface area contributed by atoms with Gasteiger partial charge in [-0.05, 0) is 31.2 Å². The quantitative estimate of drug-likeness (QED) is 0.800. The molecule has 0 saturated heterocycles. The van der Waals surface area contributed by atoms with Crippen LogP contribution in [0.15, 0.2) is 54.7 Å². The molecule has 0 atom stereocenters. The Kier molecular flexibility index (Phi) is 3.85. The molecule has 0 radical (unpaired) electrons. The van der Waals surface area contributed by atoms with Crippen LogP contribution in [-0.2, 0) is 0 Å². The van der Waals surface area contributed by atoms with Gasteiger partial charge in [0.2, 0.25) is 0 Å². The van der Waals surface area contributed by atoms with Crippen LogP contribution < -0.4 is 4.74 Å². The Morgan fingerprint density at radius 3 is 2.57 bits per heavy atom. The van der Waals surface area contributed by atoms with E-state index in [2.05, 4.69) is 5.10 Å². The van der Waals surface area contributed by atoms with Crippen molar-refractivity contribution in [3.8, 4) is 22.7 Å². The minimum Gasteiger partial charge on any atom is -0.497 e. The number of aromatic carboxylic acids is 1. The third-order valence-corrected chi connectivity index (χ3v) is 3.59. The lowest BCUT2D eigenvalue weighted by Crippen LogP contribution is -1.96. The summed E-state index contributed by atoms with van der Waals surface area (Å²) in [6.45, 7) is 2.00. The summed E-state index contributed by atoms with van der Waals surface area (Å²) in [6.07, 6.45) is 1.53. The second-order valence-electron chi connectivity index (χ2n) is 5.21. The summed E-state index contributed by atoms with van der Waals surface area (Å²) in [4.78, 5) is 11.6. The highest BCUT2D eigenvalue weighted by Crippen LogP contribution is 2.27. The number of carbonyl (C=O) groups is 1. The molecule has 116 valence electrons. The molecule has 5 nitrogen and oxygen atoms in total. The van der Waals surface area contributed by atoms with E-state index in [1.165, 1.54) is 6.20 Å². The first-order chi connectivity index (χ1) is 11.1. The minimum absolute atomic E-state index is 0.152. The summed E-state index contributed by atoms with van der Waals surface area (Å²) >= 11 is 0. The fraction of sp³-hybridized carbons (Fsp3) is 0.111. The van der Waals surface area contributed by atoms with Gasteiger partial charge >= 0.3 is 5.97 Å². The van der Waals surface area contributed by atoms with Gasteiger partial charge in [-0.15, -0.1) is 0 Å². The van der Waals surface area contributed by atoms with Gasteiger partial charge < -0.3 is 9.84 Å². The van der Waals surface area contributed by atoms with Crippen molar-refractivity contribution in [2.75, 3.05) is 7.11 Å². The maximum Gasteiger partial charge on any atom is 0.339 e. The number of rotatable bonds is 4. The van der Waals surface area contributed by atoms with Crippen LogP contribution in [0.2, 0.25) is 0 Å². The number of carboxylic acid groups (broad SMARTS) is 1. The van der Waals surface area contributed by atoms with Gasteiger partial charge in [0.25, 0.3) is 0 Å². The van der Waals surface area contributed by atoms with E-state index in [1.807, 2.05) is 43.3 Å². The molecule has 0 spiro atoms. The highest BCUT2D eigenvalue weighted by Gasteiger charge is 2.18. The number of methoxy groups -OCH3 is 1. The molecule has 1 aromatic heterocycles. The van der Waals surface area contributed by atoms with Gasteiger partial charge in [-0.3, -0.25) is 0 Å². The number of hydrogen-bond acceptors (Lipinski definition) is 3. The summed E-state index contributed by atoms with van der Waals surface area (Å²) in [5.41, 5.74) is 3.21. The predicted molar refractivity (Wildman–Crippen MR) is 87.2 cm³/mol. The van der Waals surface area contributed by atoms with Crippen molar-refractivity contribution in [2.45, 2.75) is 6.92 Å². The van der Waals surface area contributed by atoms with E-state index in [-0.39, 0.29) is 5.56 Å². The smallest absolute Gasteiger partial charge is 0.339 e. The lowest BCUT2D eigenvalue weighted by molar-refractivity contribution is 0.0697. The Morgan fingerprint density at radius 2 is 1.91 bits per heavy atom. The Morgan fingerprint density at radius 1 is 1.17 bits per heavy atom. The summed E-state index contributed by atoms with van der Waals surface area (Å²) in [7, 11) is 1.57. The van der Waals surface area contributed by atoms with Gasteiger partial charge in [-0.2, -0.15) is 5.10 Å². The Balaban J connectivity index is 2.12. The molecule has 2 aromatic carbocycles. The third kappa shape index (κ3) is 2.94. The zero-order valence-electron chi connectivity index (χ0n) is 12.9. The third-order valence-electron chi connectivity index (χ3n) is 3.59. The van der Waals surface area contributed by atoms with Gasteiger partial charge in [0.05, 0.1) is 12.8 Å². The topological polar surface area (TPSA) is 64.4 Å². The number of benzene rings is 2. The monoisotopic (exact) mass is 308 g/mol. The van der Waals surface area contributed by atoms with Crippen LogP contribution in [-0.4, -0.2) is 28.0 Å². The van der Waals surface area contributed by atoms with E-state index in [1.54, 1.807) is 23.9 Å².